The van der Waals surface area contributed by atoms with Gasteiger partial charge in [-0.2, -0.15) is 13.5 Å². The van der Waals surface area contributed by atoms with Crippen molar-refractivity contribution in [2.24, 2.45) is 5.92 Å². The molecule has 1 heterocycles. The Morgan fingerprint density at radius 1 is 1.04 bits per heavy atom. The largest absolute Gasteiger partial charge is 0.760 e. The molecule has 1 fully saturated rings. The van der Waals surface area contributed by atoms with Crippen molar-refractivity contribution in [1.29, 1.82) is 0 Å². The molecule has 0 radical (unpaired) electrons. The van der Waals surface area contributed by atoms with Crippen LogP contribution in [0, 0.1) is 11.1 Å². The third-order valence-electron chi connectivity index (χ3n) is 6.77. The number of benzene rings is 2. The Morgan fingerprint density at radius 2 is 1.71 bits per heavy atom. The lowest BCUT2D eigenvalue weighted by Gasteiger charge is -2.26. The molecule has 16 heteroatoms. The van der Waals surface area contributed by atoms with Gasteiger partial charge in [-0.15, -0.1) is 0 Å². The van der Waals surface area contributed by atoms with Gasteiger partial charge in [0.1, 0.15) is 22.7 Å². The van der Waals surface area contributed by atoms with E-state index in [-0.39, 0.29) is 58.2 Å². The molecule has 11 nitrogen and oxygen atoms in total. The van der Waals surface area contributed by atoms with Gasteiger partial charge in [-0.1, -0.05) is 35.3 Å². The molecule has 0 bridgehead atoms. The topological polar surface area (TPSA) is 134 Å². The van der Waals surface area contributed by atoms with Gasteiger partial charge < -0.3 is 33.4 Å². The molecule has 2 atom stereocenters. The molecule has 2 aromatic carbocycles. The molecule has 4 rings (SSSR count). The molecule has 1 aromatic heterocycles. The second kappa shape index (κ2) is 15.7. The van der Waals surface area contributed by atoms with Gasteiger partial charge in [0.25, 0.3) is 0 Å². The van der Waals surface area contributed by atoms with Crippen LogP contribution in [0.1, 0.15) is 35.6 Å². The third-order valence-corrected chi connectivity index (χ3v) is 8.10. The van der Waals surface area contributed by atoms with Gasteiger partial charge in [0, 0.05) is 29.8 Å². The number of halogens is 4. The highest BCUT2D eigenvalue weighted by Crippen LogP contribution is 2.38. The van der Waals surface area contributed by atoms with E-state index in [4.69, 9.17) is 42.1 Å². The number of ether oxygens (including phenoxy) is 5. The van der Waals surface area contributed by atoms with E-state index in [0.717, 1.165) is 29.5 Å². The molecule has 0 amide bonds. The van der Waals surface area contributed by atoms with Gasteiger partial charge in [0.2, 0.25) is 0 Å². The molecule has 1 saturated carbocycles. The fraction of sp³-hybridized carbons (Fsp3) is 0.379. The van der Waals surface area contributed by atoms with E-state index in [1.165, 1.54) is 32.4 Å². The maximum atomic E-state index is 13.2. The average Bonchev–Trinajstić information content (AvgIpc) is 3.81. The summed E-state index contributed by atoms with van der Waals surface area (Å²) in [5.74, 6) is -0.0782. The molecule has 45 heavy (non-hydrogen) atoms. The number of carbonyl (C=O) groups excluding carboxylic acids is 1. The van der Waals surface area contributed by atoms with Crippen molar-refractivity contribution >= 4 is 40.4 Å². The second-order valence-electron chi connectivity index (χ2n) is 10.0. The Labute approximate surface area is 270 Å². The molecule has 244 valence electrons. The number of carbonyl (C=O) groups is 1. The molecule has 1 unspecified atom stereocenters. The summed E-state index contributed by atoms with van der Waals surface area (Å²) in [5.41, 5.74) is 1.05. The summed E-state index contributed by atoms with van der Waals surface area (Å²) in [5, 5.41) is 11.8. The Balaban J connectivity index is 1.61. The molecular weight excluding hydrogens is 661 g/mol. The van der Waals surface area contributed by atoms with Crippen molar-refractivity contribution in [3.8, 4) is 23.0 Å². The van der Waals surface area contributed by atoms with Crippen LogP contribution in [-0.2, 0) is 33.8 Å². The number of alkyl halides is 2. The number of hydrogen-bond acceptors (Lipinski definition) is 9. The molecule has 1 aliphatic carbocycles. The maximum Gasteiger partial charge on any atom is 0.387 e. The third kappa shape index (κ3) is 9.78. The first-order valence-electron chi connectivity index (χ1n) is 13.5. The Hall–Kier alpha value is -3.43. The highest BCUT2D eigenvalue weighted by molar-refractivity contribution is 7.76. The van der Waals surface area contributed by atoms with Gasteiger partial charge in [0.15, 0.2) is 35.4 Å². The summed E-state index contributed by atoms with van der Waals surface area (Å²) in [6, 6.07) is 8.82. The van der Waals surface area contributed by atoms with Crippen molar-refractivity contribution in [1.82, 2.24) is 4.31 Å². The zero-order chi connectivity index (χ0) is 32.7. The van der Waals surface area contributed by atoms with Crippen molar-refractivity contribution in [3.63, 3.8) is 0 Å². The smallest absolute Gasteiger partial charge is 0.387 e. The van der Waals surface area contributed by atoms with Crippen molar-refractivity contribution < 1.29 is 50.8 Å². The van der Waals surface area contributed by atoms with Crippen LogP contribution in [0.4, 0.5) is 8.78 Å². The number of aromatic nitrogens is 1. The van der Waals surface area contributed by atoms with Gasteiger partial charge in [-0.05, 0) is 54.2 Å². The minimum absolute atomic E-state index is 0.000791. The first-order chi connectivity index (χ1) is 21.5. The number of pyridine rings is 1. The van der Waals surface area contributed by atoms with Crippen LogP contribution in [0.15, 0.2) is 48.8 Å². The molecule has 0 aliphatic heterocycles. The zero-order valence-electron chi connectivity index (χ0n) is 24.1. The quantitative estimate of drug-likeness (QED) is 0.0866. The van der Waals surface area contributed by atoms with Crippen molar-refractivity contribution in [3.05, 3.63) is 80.7 Å². The van der Waals surface area contributed by atoms with E-state index in [2.05, 4.69) is 4.74 Å². The maximum absolute atomic E-state index is 13.2. The van der Waals surface area contributed by atoms with E-state index >= 15 is 0 Å². The highest BCUT2D eigenvalue weighted by atomic mass is 35.5. The summed E-state index contributed by atoms with van der Waals surface area (Å²) in [6.45, 7) is -3.73. The molecule has 3 aromatic rings. The average molecular weight is 691 g/mol. The van der Waals surface area contributed by atoms with Crippen LogP contribution in [0.2, 0.25) is 10.0 Å². The van der Waals surface area contributed by atoms with Crippen LogP contribution in [0.25, 0.3) is 0 Å². The van der Waals surface area contributed by atoms with Gasteiger partial charge in [0.05, 0.1) is 20.8 Å². The Kier molecular flexibility index (Phi) is 12.0. The predicted molar refractivity (Wildman–Crippen MR) is 158 cm³/mol. The molecule has 0 N–H and O–H groups in total. The standard InChI is InChI=1S/C29H30Cl2F2N2O9S/c1-40-23-7-5-18(9-26(23)41-2)12-35(45(38)39)15-28(36)43-25(11-20-21(30)13-34(37)14-22(20)31)19-6-8-24(44-29(32)33)27(10-19)42-16-17-3-4-17/h5-10,13-14,17,25,29H,3-4,11-12,15-16H2,1-2H3,(H,38,39)/p-1/t25-/m0/s1. The molecule has 1 aliphatic rings. The summed E-state index contributed by atoms with van der Waals surface area (Å²) in [6.07, 6.45) is 2.69. The fourth-order valence-corrected chi connectivity index (χ4v) is 5.41. The highest BCUT2D eigenvalue weighted by Gasteiger charge is 2.27. The fourth-order valence-electron chi connectivity index (χ4n) is 4.35. The van der Waals surface area contributed by atoms with E-state index < -0.39 is 36.5 Å². The van der Waals surface area contributed by atoms with Crippen LogP contribution in [-0.4, -0.2) is 53.0 Å². The molecule has 0 spiro atoms. The summed E-state index contributed by atoms with van der Waals surface area (Å²) in [4.78, 5) is 13.2. The van der Waals surface area contributed by atoms with Crippen LogP contribution >= 0.6 is 23.2 Å². The first kappa shape index (κ1) is 34.4. The normalized spacial score (nSPS) is 14.2. The monoisotopic (exact) mass is 689 g/mol. The summed E-state index contributed by atoms with van der Waals surface area (Å²) in [7, 11) is 2.89. The second-order valence-corrected chi connectivity index (χ2v) is 11.8. The lowest BCUT2D eigenvalue weighted by atomic mass is 10.0. The van der Waals surface area contributed by atoms with E-state index in [9.17, 15) is 27.5 Å². The van der Waals surface area contributed by atoms with E-state index in [0.29, 0.717) is 21.8 Å². The number of rotatable bonds is 16. The van der Waals surface area contributed by atoms with Gasteiger partial charge in [-0.3, -0.25) is 9.00 Å². The van der Waals surface area contributed by atoms with Crippen molar-refractivity contribution in [2.45, 2.75) is 38.5 Å². The Bertz CT molecular complexity index is 1510. The van der Waals surface area contributed by atoms with E-state index in [1.54, 1.807) is 18.2 Å². The lowest BCUT2D eigenvalue weighted by Crippen LogP contribution is -2.33. The molecular formula is C29H29Cl2F2N2O9S-. The number of hydrogen-bond donors (Lipinski definition) is 0. The predicted octanol–water partition coefficient (Wildman–Crippen LogP) is 5.16. The van der Waals surface area contributed by atoms with Crippen LogP contribution in [0.5, 0.6) is 23.0 Å². The molecule has 0 saturated heterocycles. The van der Waals surface area contributed by atoms with Gasteiger partial charge in [-0.25, -0.2) is 4.31 Å². The number of esters is 1. The Morgan fingerprint density at radius 3 is 2.31 bits per heavy atom. The van der Waals surface area contributed by atoms with Crippen LogP contribution < -0.4 is 23.7 Å². The number of nitrogens with zero attached hydrogens (tertiary/aromatic N) is 2. The SMILES string of the molecule is COc1ccc(CN(CC(=O)O[C@@H](Cc2c(Cl)c[n+]([O-])cc2Cl)c2ccc(OC(F)F)c(OCC3CC3)c2)S(=O)[O-])cc1OC. The minimum atomic E-state index is -3.11. The summed E-state index contributed by atoms with van der Waals surface area (Å²) < 4.78 is 78.2. The number of methoxy groups -OCH3 is 2. The minimum Gasteiger partial charge on any atom is -0.760 e. The van der Waals surface area contributed by atoms with Crippen LogP contribution in [0.3, 0.4) is 0 Å². The lowest BCUT2D eigenvalue weighted by molar-refractivity contribution is -0.605. The van der Waals surface area contributed by atoms with Gasteiger partial charge >= 0.3 is 12.6 Å². The first-order valence-corrected chi connectivity index (χ1v) is 15.3. The van der Waals surface area contributed by atoms with E-state index in [1.807, 2.05) is 0 Å². The summed E-state index contributed by atoms with van der Waals surface area (Å²) >= 11 is 9.74. The van der Waals surface area contributed by atoms with Crippen molar-refractivity contribution in [2.75, 3.05) is 27.4 Å². The zero-order valence-corrected chi connectivity index (χ0v) is 26.4.